The zero-order chi connectivity index (χ0) is 22.2. The Morgan fingerprint density at radius 1 is 1.29 bits per heavy atom. The number of aryl methyl sites for hydroxylation is 1. The molecule has 0 aliphatic heterocycles. The Hall–Kier alpha value is -2.61. The SMILES string of the molecule is C=CCn1c(CNC(=O)c2cccc(C)c2)nnc1SCC(=O)N[C@H]1CCCC[C@H]1C. The maximum absolute atomic E-state index is 12.4. The predicted molar refractivity (Wildman–Crippen MR) is 123 cm³/mol. The zero-order valence-corrected chi connectivity index (χ0v) is 19.1. The monoisotopic (exact) mass is 441 g/mol. The van der Waals surface area contributed by atoms with Gasteiger partial charge in [0.25, 0.3) is 5.91 Å². The van der Waals surface area contributed by atoms with Crippen molar-refractivity contribution >= 4 is 23.6 Å². The molecule has 1 heterocycles. The van der Waals surface area contributed by atoms with Gasteiger partial charge >= 0.3 is 0 Å². The van der Waals surface area contributed by atoms with E-state index in [1.165, 1.54) is 31.0 Å². The van der Waals surface area contributed by atoms with E-state index in [9.17, 15) is 9.59 Å². The van der Waals surface area contributed by atoms with Crippen LogP contribution in [-0.4, -0.2) is 38.4 Å². The summed E-state index contributed by atoms with van der Waals surface area (Å²) in [6, 6.07) is 7.70. The molecule has 2 N–H and O–H groups in total. The van der Waals surface area contributed by atoms with E-state index < -0.39 is 0 Å². The summed E-state index contributed by atoms with van der Waals surface area (Å²) in [7, 11) is 0. The van der Waals surface area contributed by atoms with E-state index in [1.807, 2.05) is 29.7 Å². The van der Waals surface area contributed by atoms with Crippen LogP contribution in [0.3, 0.4) is 0 Å². The first kappa shape index (κ1) is 23.1. The molecule has 3 rings (SSSR count). The third kappa shape index (κ3) is 6.43. The Kier molecular flexibility index (Phi) is 8.28. The first-order valence-electron chi connectivity index (χ1n) is 10.8. The molecule has 31 heavy (non-hydrogen) atoms. The van der Waals surface area contributed by atoms with Crippen LogP contribution in [0.5, 0.6) is 0 Å². The molecule has 0 spiro atoms. The number of carbonyl (C=O) groups excluding carboxylic acids is 2. The number of hydrogen-bond donors (Lipinski definition) is 2. The first-order valence-corrected chi connectivity index (χ1v) is 11.8. The summed E-state index contributed by atoms with van der Waals surface area (Å²) < 4.78 is 1.88. The molecule has 0 saturated heterocycles. The fourth-order valence-electron chi connectivity index (χ4n) is 3.83. The Bertz CT molecular complexity index is 926. The van der Waals surface area contributed by atoms with Gasteiger partial charge in [0.1, 0.15) is 0 Å². The Morgan fingerprint density at radius 2 is 2.10 bits per heavy atom. The number of allylic oxidation sites excluding steroid dienone is 1. The van der Waals surface area contributed by atoms with Crippen molar-refractivity contribution in [2.24, 2.45) is 5.92 Å². The number of benzene rings is 1. The maximum atomic E-state index is 12.4. The topological polar surface area (TPSA) is 88.9 Å². The molecule has 0 unspecified atom stereocenters. The average molecular weight is 442 g/mol. The lowest BCUT2D eigenvalue weighted by Gasteiger charge is -2.29. The molecule has 1 aromatic heterocycles. The molecule has 2 atom stereocenters. The van der Waals surface area contributed by atoms with Crippen molar-refractivity contribution in [1.29, 1.82) is 0 Å². The van der Waals surface area contributed by atoms with E-state index in [0.717, 1.165) is 12.0 Å². The summed E-state index contributed by atoms with van der Waals surface area (Å²) in [6.45, 7) is 8.71. The number of hydrogen-bond acceptors (Lipinski definition) is 5. The first-order chi connectivity index (χ1) is 15.0. The summed E-state index contributed by atoms with van der Waals surface area (Å²) in [6.07, 6.45) is 6.39. The van der Waals surface area contributed by atoms with E-state index in [0.29, 0.717) is 29.0 Å². The fourth-order valence-corrected chi connectivity index (χ4v) is 4.60. The van der Waals surface area contributed by atoms with Crippen molar-refractivity contribution in [3.63, 3.8) is 0 Å². The van der Waals surface area contributed by atoms with E-state index >= 15 is 0 Å². The Balaban J connectivity index is 1.57. The molecule has 1 fully saturated rings. The number of carbonyl (C=O) groups is 2. The van der Waals surface area contributed by atoms with Crippen LogP contribution in [0.25, 0.3) is 0 Å². The molecule has 8 heteroatoms. The highest BCUT2D eigenvalue weighted by Crippen LogP contribution is 2.24. The summed E-state index contributed by atoms with van der Waals surface area (Å²) in [5.74, 6) is 1.30. The van der Waals surface area contributed by atoms with Crippen LogP contribution in [-0.2, 0) is 17.9 Å². The molecular weight excluding hydrogens is 410 g/mol. The third-order valence-corrected chi connectivity index (χ3v) is 6.55. The second kappa shape index (κ2) is 11.1. The van der Waals surface area contributed by atoms with Crippen LogP contribution >= 0.6 is 11.8 Å². The summed E-state index contributed by atoms with van der Waals surface area (Å²) in [4.78, 5) is 24.9. The molecule has 1 saturated carbocycles. The molecule has 166 valence electrons. The van der Waals surface area contributed by atoms with Crippen LogP contribution in [0.15, 0.2) is 42.1 Å². The minimum Gasteiger partial charge on any atom is -0.352 e. The minimum absolute atomic E-state index is 0.0196. The largest absolute Gasteiger partial charge is 0.352 e. The second-order valence-electron chi connectivity index (χ2n) is 8.07. The standard InChI is InChI=1S/C23H31N5O2S/c1-4-12-28-20(14-24-22(30)18-10-7-8-16(2)13-18)26-27-23(28)31-15-21(29)25-19-11-6-5-9-17(19)3/h4,7-8,10,13,17,19H,1,5-6,9,11-12,14-15H2,2-3H3,(H,24,30)(H,25,29)/t17-,19+/m1/s1. The van der Waals surface area contributed by atoms with Gasteiger partial charge in [-0.25, -0.2) is 0 Å². The number of aromatic nitrogens is 3. The van der Waals surface area contributed by atoms with Crippen LogP contribution < -0.4 is 10.6 Å². The highest BCUT2D eigenvalue weighted by atomic mass is 32.2. The second-order valence-corrected chi connectivity index (χ2v) is 9.02. The number of thioether (sulfide) groups is 1. The average Bonchev–Trinajstić information content (AvgIpc) is 3.14. The van der Waals surface area contributed by atoms with Crippen molar-refractivity contribution in [3.05, 3.63) is 53.9 Å². The highest BCUT2D eigenvalue weighted by Gasteiger charge is 2.23. The molecule has 1 aromatic carbocycles. The lowest BCUT2D eigenvalue weighted by atomic mass is 9.86. The third-order valence-electron chi connectivity index (χ3n) is 5.58. The van der Waals surface area contributed by atoms with Gasteiger partial charge in [0, 0.05) is 18.2 Å². The lowest BCUT2D eigenvalue weighted by Crippen LogP contribution is -2.41. The van der Waals surface area contributed by atoms with Crippen LogP contribution in [0.2, 0.25) is 0 Å². The number of nitrogens with zero attached hydrogens (tertiary/aromatic N) is 3. The van der Waals surface area contributed by atoms with Crippen molar-refractivity contribution in [3.8, 4) is 0 Å². The smallest absolute Gasteiger partial charge is 0.251 e. The molecule has 1 aliphatic carbocycles. The van der Waals surface area contributed by atoms with Gasteiger partial charge < -0.3 is 15.2 Å². The quantitative estimate of drug-likeness (QED) is 0.459. The molecule has 2 amide bonds. The molecule has 7 nitrogen and oxygen atoms in total. The van der Waals surface area contributed by atoms with Gasteiger partial charge in [-0.3, -0.25) is 9.59 Å². The van der Waals surface area contributed by atoms with Crippen molar-refractivity contribution in [2.45, 2.75) is 63.8 Å². The van der Waals surface area contributed by atoms with Crippen molar-refractivity contribution in [1.82, 2.24) is 25.4 Å². The lowest BCUT2D eigenvalue weighted by molar-refractivity contribution is -0.119. The molecule has 0 bridgehead atoms. The van der Waals surface area contributed by atoms with Gasteiger partial charge in [0.15, 0.2) is 11.0 Å². The van der Waals surface area contributed by atoms with Crippen LogP contribution in [0.4, 0.5) is 0 Å². The molecule has 1 aliphatic rings. The van der Waals surface area contributed by atoms with E-state index in [1.54, 1.807) is 12.1 Å². The normalized spacial score (nSPS) is 18.4. The minimum atomic E-state index is -0.160. The van der Waals surface area contributed by atoms with Crippen molar-refractivity contribution in [2.75, 3.05) is 5.75 Å². The molecular formula is C23H31N5O2S. The zero-order valence-electron chi connectivity index (χ0n) is 18.3. The van der Waals surface area contributed by atoms with E-state index in [-0.39, 0.29) is 30.2 Å². The maximum Gasteiger partial charge on any atom is 0.251 e. The number of amides is 2. The van der Waals surface area contributed by atoms with Gasteiger partial charge in [-0.2, -0.15) is 0 Å². The number of rotatable bonds is 9. The Labute approximate surface area is 188 Å². The van der Waals surface area contributed by atoms with Gasteiger partial charge in [0.05, 0.1) is 12.3 Å². The van der Waals surface area contributed by atoms with Crippen molar-refractivity contribution < 1.29 is 9.59 Å². The van der Waals surface area contributed by atoms with E-state index in [4.69, 9.17) is 0 Å². The van der Waals surface area contributed by atoms with Gasteiger partial charge in [0.2, 0.25) is 5.91 Å². The molecule has 0 radical (unpaired) electrons. The fraction of sp³-hybridized carbons (Fsp3) is 0.478. The summed E-state index contributed by atoms with van der Waals surface area (Å²) >= 11 is 1.36. The number of nitrogens with one attached hydrogen (secondary N) is 2. The summed E-state index contributed by atoms with van der Waals surface area (Å²) in [5, 5.41) is 15.2. The van der Waals surface area contributed by atoms with Gasteiger partial charge in [-0.15, -0.1) is 16.8 Å². The van der Waals surface area contributed by atoms with E-state index in [2.05, 4.69) is 34.3 Å². The summed E-state index contributed by atoms with van der Waals surface area (Å²) in [5.41, 5.74) is 1.64. The predicted octanol–water partition coefficient (Wildman–Crippen LogP) is 3.49. The van der Waals surface area contributed by atoms with Crippen LogP contribution in [0.1, 0.15) is 54.4 Å². The Morgan fingerprint density at radius 3 is 2.84 bits per heavy atom. The van der Waals surface area contributed by atoms with Crippen LogP contribution in [0, 0.1) is 12.8 Å². The van der Waals surface area contributed by atoms with Gasteiger partial charge in [-0.1, -0.05) is 55.3 Å². The molecule has 2 aromatic rings. The highest BCUT2D eigenvalue weighted by molar-refractivity contribution is 7.99. The van der Waals surface area contributed by atoms with Gasteiger partial charge in [-0.05, 0) is 37.8 Å².